The predicted molar refractivity (Wildman–Crippen MR) is 132 cm³/mol. The molecule has 34 heavy (non-hydrogen) atoms. The van der Waals surface area contributed by atoms with Gasteiger partial charge in [0, 0.05) is 49.5 Å². The molecule has 1 N–H and O–H groups in total. The average Bonchev–Trinajstić information content (AvgIpc) is 3.32. The van der Waals surface area contributed by atoms with E-state index >= 15 is 0 Å². The second-order valence-corrected chi connectivity index (χ2v) is 8.23. The van der Waals surface area contributed by atoms with Gasteiger partial charge in [-0.2, -0.15) is 0 Å². The zero-order valence-corrected chi connectivity index (χ0v) is 18.7. The normalized spacial score (nSPS) is 14.1. The molecule has 0 spiro atoms. The molecule has 1 fully saturated rings. The molecule has 9 nitrogen and oxygen atoms in total. The Morgan fingerprint density at radius 3 is 2.68 bits per heavy atom. The molecule has 0 radical (unpaired) electrons. The molecule has 0 atom stereocenters. The molecule has 0 saturated carbocycles. The highest BCUT2D eigenvalue weighted by molar-refractivity contribution is 5.82. The summed E-state index contributed by atoms with van der Waals surface area (Å²) >= 11 is 0. The van der Waals surface area contributed by atoms with Gasteiger partial charge < -0.3 is 19.5 Å². The molecule has 1 aliphatic heterocycles. The maximum atomic E-state index is 13.1. The van der Waals surface area contributed by atoms with Gasteiger partial charge in [-0.15, -0.1) is 0 Å². The maximum absolute atomic E-state index is 13.1. The predicted octanol–water partition coefficient (Wildman–Crippen LogP) is 3.22. The van der Waals surface area contributed by atoms with Crippen LogP contribution in [-0.2, 0) is 11.8 Å². The van der Waals surface area contributed by atoms with Gasteiger partial charge in [-0.05, 0) is 42.5 Å². The van der Waals surface area contributed by atoms with E-state index in [0.717, 1.165) is 60.0 Å². The third kappa shape index (κ3) is 3.56. The Balaban J connectivity index is 1.32. The van der Waals surface area contributed by atoms with Crippen LogP contribution in [-0.4, -0.2) is 50.2 Å². The number of aromatic nitrogens is 5. The molecule has 0 amide bonds. The summed E-state index contributed by atoms with van der Waals surface area (Å²) in [5.41, 5.74) is 5.07. The minimum atomic E-state index is -0.193. The fourth-order valence-electron chi connectivity index (χ4n) is 4.32. The number of hydrogen-bond acceptors (Lipinski definition) is 7. The SMILES string of the molecule is Cn1c(=O)c(Nc2ccc(N3CCOCC3)cc2)nc2ccc(-c3cnc4ncccn34)cc21. The highest BCUT2D eigenvalue weighted by atomic mass is 16.5. The van der Waals surface area contributed by atoms with Crippen molar-refractivity contribution in [1.82, 2.24) is 23.9 Å². The highest BCUT2D eigenvalue weighted by Gasteiger charge is 2.14. The van der Waals surface area contributed by atoms with E-state index in [9.17, 15) is 4.79 Å². The van der Waals surface area contributed by atoms with Crippen molar-refractivity contribution < 1.29 is 4.74 Å². The van der Waals surface area contributed by atoms with Gasteiger partial charge in [0.2, 0.25) is 5.78 Å². The molecule has 3 aromatic heterocycles. The van der Waals surface area contributed by atoms with E-state index in [1.54, 1.807) is 24.0 Å². The van der Waals surface area contributed by atoms with Crippen molar-refractivity contribution in [3.8, 4) is 11.3 Å². The Hall–Kier alpha value is -4.24. The second-order valence-electron chi connectivity index (χ2n) is 8.23. The van der Waals surface area contributed by atoms with Crippen LogP contribution in [0.3, 0.4) is 0 Å². The van der Waals surface area contributed by atoms with Crippen LogP contribution in [0.1, 0.15) is 0 Å². The highest BCUT2D eigenvalue weighted by Crippen LogP contribution is 2.25. The molecule has 9 heteroatoms. The van der Waals surface area contributed by atoms with Crippen molar-refractivity contribution in [2.75, 3.05) is 36.5 Å². The minimum absolute atomic E-state index is 0.193. The quantitative estimate of drug-likeness (QED) is 0.447. The lowest BCUT2D eigenvalue weighted by Gasteiger charge is -2.28. The van der Waals surface area contributed by atoms with Gasteiger partial charge in [-0.25, -0.2) is 15.0 Å². The summed E-state index contributed by atoms with van der Waals surface area (Å²) in [5, 5.41) is 3.19. The van der Waals surface area contributed by atoms with Gasteiger partial charge in [0.25, 0.3) is 5.56 Å². The summed E-state index contributed by atoms with van der Waals surface area (Å²) in [7, 11) is 1.76. The number of nitrogens with one attached hydrogen (secondary N) is 1. The maximum Gasteiger partial charge on any atom is 0.293 e. The van der Waals surface area contributed by atoms with Crippen molar-refractivity contribution in [1.29, 1.82) is 0 Å². The van der Waals surface area contributed by atoms with Gasteiger partial charge in [-0.1, -0.05) is 6.07 Å². The molecule has 6 rings (SSSR count). The van der Waals surface area contributed by atoms with E-state index < -0.39 is 0 Å². The second kappa shape index (κ2) is 8.27. The van der Waals surface area contributed by atoms with Crippen LogP contribution in [0.15, 0.2) is 71.9 Å². The number of ether oxygens (including phenoxy) is 1. The largest absolute Gasteiger partial charge is 0.378 e. The molecule has 0 bridgehead atoms. The summed E-state index contributed by atoms with van der Waals surface area (Å²) < 4.78 is 8.97. The number of nitrogens with zero attached hydrogens (tertiary/aromatic N) is 6. The van der Waals surface area contributed by atoms with E-state index in [2.05, 4.69) is 37.3 Å². The summed E-state index contributed by atoms with van der Waals surface area (Å²) in [6.45, 7) is 3.25. The lowest BCUT2D eigenvalue weighted by molar-refractivity contribution is 0.122. The first-order valence-corrected chi connectivity index (χ1v) is 11.2. The van der Waals surface area contributed by atoms with Crippen LogP contribution in [0.5, 0.6) is 0 Å². The van der Waals surface area contributed by atoms with E-state index in [4.69, 9.17) is 4.74 Å². The van der Waals surface area contributed by atoms with Gasteiger partial charge >= 0.3 is 0 Å². The molecular formula is C25H23N7O2. The Bertz CT molecular complexity index is 1550. The summed E-state index contributed by atoms with van der Waals surface area (Å²) in [4.78, 5) is 28.6. The fourth-order valence-corrected chi connectivity index (χ4v) is 4.32. The smallest absolute Gasteiger partial charge is 0.293 e. The molecule has 0 aliphatic carbocycles. The zero-order valence-electron chi connectivity index (χ0n) is 18.7. The lowest BCUT2D eigenvalue weighted by Crippen LogP contribution is -2.36. The van der Waals surface area contributed by atoms with Crippen LogP contribution in [0.4, 0.5) is 17.2 Å². The number of hydrogen-bond donors (Lipinski definition) is 1. The molecule has 5 aromatic rings. The first-order chi connectivity index (χ1) is 16.7. The van der Waals surface area contributed by atoms with E-state index in [-0.39, 0.29) is 5.56 Å². The summed E-state index contributed by atoms with van der Waals surface area (Å²) in [6, 6.07) is 15.8. The Labute approximate surface area is 195 Å². The van der Waals surface area contributed by atoms with Crippen molar-refractivity contribution in [3.05, 3.63) is 77.5 Å². The first-order valence-electron chi connectivity index (χ1n) is 11.2. The number of fused-ring (bicyclic) bond motifs is 2. The molecule has 4 heterocycles. The number of aryl methyl sites for hydroxylation is 1. The fraction of sp³-hybridized carbons (Fsp3) is 0.200. The van der Waals surface area contributed by atoms with Gasteiger partial charge in [0.05, 0.1) is 36.1 Å². The average molecular weight is 454 g/mol. The molecule has 1 aliphatic rings. The number of rotatable bonds is 4. The van der Waals surface area contributed by atoms with Gasteiger partial charge in [0.1, 0.15) is 0 Å². The monoisotopic (exact) mass is 453 g/mol. The number of anilines is 3. The lowest BCUT2D eigenvalue weighted by atomic mass is 10.1. The molecule has 1 saturated heterocycles. The van der Waals surface area contributed by atoms with E-state index in [1.165, 1.54) is 0 Å². The van der Waals surface area contributed by atoms with Crippen molar-refractivity contribution in [3.63, 3.8) is 0 Å². The third-order valence-corrected chi connectivity index (χ3v) is 6.17. The molecule has 2 aromatic carbocycles. The van der Waals surface area contributed by atoms with Gasteiger partial charge in [0.15, 0.2) is 5.82 Å². The Morgan fingerprint density at radius 2 is 1.85 bits per heavy atom. The molecule has 0 unspecified atom stereocenters. The van der Waals surface area contributed by atoms with E-state index in [1.807, 2.05) is 47.0 Å². The van der Waals surface area contributed by atoms with E-state index in [0.29, 0.717) is 11.6 Å². The van der Waals surface area contributed by atoms with Crippen LogP contribution in [0, 0.1) is 0 Å². The van der Waals surface area contributed by atoms with Crippen LogP contribution >= 0.6 is 0 Å². The molecule has 170 valence electrons. The molecular weight excluding hydrogens is 430 g/mol. The minimum Gasteiger partial charge on any atom is -0.378 e. The first kappa shape index (κ1) is 20.4. The number of benzene rings is 2. The topological polar surface area (TPSA) is 89.6 Å². The van der Waals surface area contributed by atoms with Crippen molar-refractivity contribution in [2.45, 2.75) is 0 Å². The standard InChI is InChI=1S/C25H23N7O2/c1-30-21-15-17(22-16-27-25-26-9-2-10-32(22)25)3-8-20(21)29-23(24(30)33)28-18-4-6-19(7-5-18)31-11-13-34-14-12-31/h2-10,15-16H,11-14H2,1H3,(H,28,29). The third-order valence-electron chi connectivity index (χ3n) is 6.17. The van der Waals surface area contributed by atoms with Gasteiger partial charge in [-0.3, -0.25) is 9.20 Å². The van der Waals surface area contributed by atoms with Crippen LogP contribution in [0.2, 0.25) is 0 Å². The van der Waals surface area contributed by atoms with Crippen molar-refractivity contribution >= 4 is 34.0 Å². The number of morpholine rings is 1. The van der Waals surface area contributed by atoms with Crippen molar-refractivity contribution in [2.24, 2.45) is 7.05 Å². The number of imidazole rings is 1. The Kier molecular flexibility index (Phi) is 4.96. The van der Waals surface area contributed by atoms with Crippen LogP contribution in [0.25, 0.3) is 28.1 Å². The Morgan fingerprint density at radius 1 is 1.03 bits per heavy atom. The zero-order chi connectivity index (χ0) is 23.1. The van der Waals surface area contributed by atoms with Crippen LogP contribution < -0.4 is 15.8 Å². The summed E-state index contributed by atoms with van der Waals surface area (Å²) in [5.74, 6) is 0.921. The summed E-state index contributed by atoms with van der Waals surface area (Å²) in [6.07, 6.45) is 5.42.